The highest BCUT2D eigenvalue weighted by atomic mass is 16.4. The van der Waals surface area contributed by atoms with Crippen LogP contribution in [0.4, 0.5) is 0 Å². The van der Waals surface area contributed by atoms with Gasteiger partial charge in [-0.2, -0.15) is 0 Å². The molecule has 0 unspecified atom stereocenters. The second kappa shape index (κ2) is 10.1. The summed E-state index contributed by atoms with van der Waals surface area (Å²) in [6.07, 6.45) is 11.2. The molecule has 0 atom stereocenters. The first-order valence-corrected chi connectivity index (χ1v) is 5.76. The van der Waals surface area contributed by atoms with E-state index < -0.39 is 5.97 Å². The second-order valence-corrected chi connectivity index (χ2v) is 3.71. The van der Waals surface area contributed by atoms with Crippen LogP contribution in [0.2, 0.25) is 0 Å². The van der Waals surface area contributed by atoms with Gasteiger partial charge in [-0.05, 0) is 24.5 Å². The number of aliphatic carboxylic acids is 1. The number of allylic oxidation sites excluding steroid dienone is 3. The highest BCUT2D eigenvalue weighted by Crippen LogP contribution is 2.11. The first-order chi connectivity index (χ1) is 7.70. The zero-order valence-electron chi connectivity index (χ0n) is 9.82. The van der Waals surface area contributed by atoms with E-state index in [9.17, 15) is 9.59 Å². The van der Waals surface area contributed by atoms with Crippen molar-refractivity contribution >= 4 is 12.3 Å². The molecule has 0 aliphatic rings. The van der Waals surface area contributed by atoms with Gasteiger partial charge in [0, 0.05) is 6.08 Å². The molecule has 0 amide bonds. The Morgan fingerprint density at radius 3 is 2.38 bits per heavy atom. The fraction of sp³-hybridized carbons (Fsp3) is 0.538. The smallest absolute Gasteiger partial charge is 0.328 e. The molecule has 0 heterocycles. The number of carbonyl (C=O) groups is 2. The third-order valence-electron chi connectivity index (χ3n) is 2.29. The topological polar surface area (TPSA) is 54.4 Å². The van der Waals surface area contributed by atoms with Crippen molar-refractivity contribution in [1.29, 1.82) is 0 Å². The number of aldehydes is 1. The van der Waals surface area contributed by atoms with Gasteiger partial charge in [-0.15, -0.1) is 0 Å². The van der Waals surface area contributed by atoms with Crippen LogP contribution in [-0.2, 0) is 9.59 Å². The molecule has 0 aromatic rings. The van der Waals surface area contributed by atoms with E-state index >= 15 is 0 Å². The third kappa shape index (κ3) is 9.19. The van der Waals surface area contributed by atoms with Gasteiger partial charge >= 0.3 is 5.97 Å². The van der Waals surface area contributed by atoms with Crippen molar-refractivity contribution in [1.82, 2.24) is 0 Å². The Morgan fingerprint density at radius 1 is 1.12 bits per heavy atom. The van der Waals surface area contributed by atoms with Crippen LogP contribution in [0.15, 0.2) is 23.8 Å². The Hall–Kier alpha value is -1.38. The maximum atomic E-state index is 10.3. The van der Waals surface area contributed by atoms with Gasteiger partial charge in [0.25, 0.3) is 0 Å². The third-order valence-corrected chi connectivity index (χ3v) is 2.29. The van der Waals surface area contributed by atoms with E-state index in [1.165, 1.54) is 31.4 Å². The summed E-state index contributed by atoms with van der Waals surface area (Å²) in [6.45, 7) is 2.16. The van der Waals surface area contributed by atoms with Gasteiger partial charge < -0.3 is 5.11 Å². The average Bonchev–Trinajstić information content (AvgIpc) is 2.25. The van der Waals surface area contributed by atoms with E-state index in [0.29, 0.717) is 6.29 Å². The lowest BCUT2D eigenvalue weighted by Gasteiger charge is -2.01. The molecule has 0 bridgehead atoms. The van der Waals surface area contributed by atoms with Crippen LogP contribution in [0.1, 0.15) is 45.4 Å². The van der Waals surface area contributed by atoms with Gasteiger partial charge in [-0.25, -0.2) is 4.79 Å². The zero-order chi connectivity index (χ0) is 12.2. The zero-order valence-corrected chi connectivity index (χ0v) is 9.82. The van der Waals surface area contributed by atoms with E-state index in [1.807, 2.05) is 0 Å². The molecule has 3 nitrogen and oxygen atoms in total. The number of hydrogen-bond donors (Lipinski definition) is 1. The van der Waals surface area contributed by atoms with Crippen LogP contribution in [-0.4, -0.2) is 17.4 Å². The minimum absolute atomic E-state index is 0.702. The molecule has 0 aromatic heterocycles. The molecule has 16 heavy (non-hydrogen) atoms. The van der Waals surface area contributed by atoms with Gasteiger partial charge in [0.05, 0.1) is 0 Å². The SMILES string of the molecule is CCCCCCCC(/C=C\C(=O)O)=C/C=O. The fourth-order valence-electron chi connectivity index (χ4n) is 1.42. The van der Waals surface area contributed by atoms with Gasteiger partial charge in [0.15, 0.2) is 0 Å². The van der Waals surface area contributed by atoms with Crippen LogP contribution in [0.5, 0.6) is 0 Å². The number of rotatable bonds is 9. The molecule has 0 saturated heterocycles. The molecule has 0 aliphatic heterocycles. The summed E-state index contributed by atoms with van der Waals surface area (Å²) >= 11 is 0. The predicted octanol–water partition coefficient (Wildman–Crippen LogP) is 3.11. The Labute approximate surface area is 96.9 Å². The molecular formula is C13H20O3. The summed E-state index contributed by atoms with van der Waals surface area (Å²) in [4.78, 5) is 20.7. The minimum Gasteiger partial charge on any atom is -0.478 e. The molecule has 0 saturated carbocycles. The van der Waals surface area contributed by atoms with Crippen molar-refractivity contribution in [3.63, 3.8) is 0 Å². The predicted molar refractivity (Wildman–Crippen MR) is 64.3 cm³/mol. The number of carboxylic acid groups (broad SMARTS) is 1. The maximum absolute atomic E-state index is 10.3. The number of unbranched alkanes of at least 4 members (excludes halogenated alkanes) is 4. The first-order valence-electron chi connectivity index (χ1n) is 5.76. The van der Waals surface area contributed by atoms with Crippen molar-refractivity contribution in [2.24, 2.45) is 0 Å². The summed E-state index contributed by atoms with van der Waals surface area (Å²) in [5.74, 6) is -0.984. The molecule has 3 heteroatoms. The lowest BCUT2D eigenvalue weighted by atomic mass is 10.1. The van der Waals surface area contributed by atoms with Crippen molar-refractivity contribution in [3.8, 4) is 0 Å². The van der Waals surface area contributed by atoms with Gasteiger partial charge in [-0.1, -0.05) is 38.7 Å². The Morgan fingerprint density at radius 2 is 1.81 bits per heavy atom. The molecule has 0 rings (SSSR count). The lowest BCUT2D eigenvalue weighted by Crippen LogP contribution is -1.88. The molecule has 0 aromatic carbocycles. The van der Waals surface area contributed by atoms with Crippen LogP contribution in [0.3, 0.4) is 0 Å². The van der Waals surface area contributed by atoms with Crippen LogP contribution in [0.25, 0.3) is 0 Å². The molecule has 0 aliphatic carbocycles. The summed E-state index contributed by atoms with van der Waals surface area (Å²) in [5, 5.41) is 8.47. The number of carbonyl (C=O) groups excluding carboxylic acids is 1. The van der Waals surface area contributed by atoms with Crippen molar-refractivity contribution in [3.05, 3.63) is 23.8 Å². The van der Waals surface area contributed by atoms with Crippen LogP contribution >= 0.6 is 0 Å². The quantitative estimate of drug-likeness (QED) is 0.283. The maximum Gasteiger partial charge on any atom is 0.328 e. The summed E-state index contributed by atoms with van der Waals surface area (Å²) in [5.41, 5.74) is 0.786. The monoisotopic (exact) mass is 224 g/mol. The second-order valence-electron chi connectivity index (χ2n) is 3.71. The molecule has 1 N–H and O–H groups in total. The summed E-state index contributed by atoms with van der Waals surface area (Å²) < 4.78 is 0. The lowest BCUT2D eigenvalue weighted by molar-refractivity contribution is -0.131. The molecule has 0 fully saturated rings. The highest BCUT2D eigenvalue weighted by molar-refractivity contribution is 5.80. The number of carboxylic acids is 1. The molecular weight excluding hydrogens is 204 g/mol. The van der Waals surface area contributed by atoms with E-state index in [4.69, 9.17) is 5.11 Å². The minimum atomic E-state index is -0.984. The van der Waals surface area contributed by atoms with Gasteiger partial charge in [0.2, 0.25) is 0 Å². The summed E-state index contributed by atoms with van der Waals surface area (Å²) in [6, 6.07) is 0. The van der Waals surface area contributed by atoms with E-state index in [0.717, 1.165) is 30.9 Å². The van der Waals surface area contributed by atoms with Gasteiger partial charge in [0.1, 0.15) is 6.29 Å². The Kier molecular flexibility index (Phi) is 9.27. The van der Waals surface area contributed by atoms with Crippen molar-refractivity contribution in [2.75, 3.05) is 0 Å². The standard InChI is InChI=1S/C13H20O3/c1-2-3-4-5-6-7-12(10-11-14)8-9-13(15)16/h8-11H,2-7H2,1H3,(H,15,16)/b9-8-,12-10-. The molecule has 0 spiro atoms. The first kappa shape index (κ1) is 14.6. The molecule has 0 radical (unpaired) electrons. The van der Waals surface area contributed by atoms with Crippen LogP contribution in [0, 0.1) is 0 Å². The molecule has 90 valence electrons. The fourth-order valence-corrected chi connectivity index (χ4v) is 1.42. The van der Waals surface area contributed by atoms with E-state index in [2.05, 4.69) is 6.92 Å². The van der Waals surface area contributed by atoms with E-state index in [1.54, 1.807) is 0 Å². The highest BCUT2D eigenvalue weighted by Gasteiger charge is 1.95. The van der Waals surface area contributed by atoms with Gasteiger partial charge in [-0.3, -0.25) is 4.79 Å². The van der Waals surface area contributed by atoms with Crippen molar-refractivity contribution < 1.29 is 14.7 Å². The van der Waals surface area contributed by atoms with Crippen molar-refractivity contribution in [2.45, 2.75) is 45.4 Å². The normalized spacial score (nSPS) is 11.9. The van der Waals surface area contributed by atoms with E-state index in [-0.39, 0.29) is 0 Å². The number of hydrogen-bond acceptors (Lipinski definition) is 2. The summed E-state index contributed by atoms with van der Waals surface area (Å²) in [7, 11) is 0. The Bertz CT molecular complexity index is 264. The average molecular weight is 224 g/mol. The largest absolute Gasteiger partial charge is 0.478 e. The van der Waals surface area contributed by atoms with Crippen LogP contribution < -0.4 is 0 Å². The Balaban J connectivity index is 3.91.